The SMILES string of the molecule is O=C(O)C1(O)CC(O)C(OC(O)C=Cc2ccc(O)cc2)C(O)C1. The molecule has 0 radical (unpaired) electrons. The van der Waals surface area contributed by atoms with Crippen LogP contribution < -0.4 is 0 Å². The van der Waals surface area contributed by atoms with Crippen LogP contribution in [0.1, 0.15) is 18.4 Å². The van der Waals surface area contributed by atoms with Crippen LogP contribution in [-0.4, -0.2) is 66.8 Å². The number of hydrogen-bond donors (Lipinski definition) is 6. The summed E-state index contributed by atoms with van der Waals surface area (Å²) in [5.41, 5.74) is -1.55. The van der Waals surface area contributed by atoms with Crippen LogP contribution >= 0.6 is 0 Å². The second-order valence-electron chi connectivity index (χ2n) is 5.82. The number of aromatic hydroxyl groups is 1. The first-order chi connectivity index (χ1) is 11.2. The lowest BCUT2D eigenvalue weighted by Crippen LogP contribution is -2.57. The summed E-state index contributed by atoms with van der Waals surface area (Å²) in [6, 6.07) is 6.15. The van der Waals surface area contributed by atoms with Crippen molar-refractivity contribution in [3.8, 4) is 5.75 Å². The van der Waals surface area contributed by atoms with Gasteiger partial charge in [-0.15, -0.1) is 0 Å². The van der Waals surface area contributed by atoms with Crippen molar-refractivity contribution in [1.82, 2.24) is 0 Å². The Bertz CT molecular complexity index is 585. The predicted octanol–water partition coefficient (Wildman–Crippen LogP) is -0.560. The molecule has 1 aliphatic carbocycles. The molecule has 24 heavy (non-hydrogen) atoms. The highest BCUT2D eigenvalue weighted by molar-refractivity contribution is 5.77. The first kappa shape index (κ1) is 18.4. The van der Waals surface area contributed by atoms with Gasteiger partial charge in [-0.3, -0.25) is 0 Å². The number of aliphatic carboxylic acids is 1. The molecule has 8 nitrogen and oxygen atoms in total. The van der Waals surface area contributed by atoms with Gasteiger partial charge < -0.3 is 35.4 Å². The molecule has 1 fully saturated rings. The van der Waals surface area contributed by atoms with Crippen molar-refractivity contribution in [1.29, 1.82) is 0 Å². The number of carbonyl (C=O) groups is 1. The monoisotopic (exact) mass is 340 g/mol. The number of phenols is 1. The van der Waals surface area contributed by atoms with Gasteiger partial charge in [-0.25, -0.2) is 4.79 Å². The van der Waals surface area contributed by atoms with Gasteiger partial charge in [0.05, 0.1) is 12.2 Å². The molecule has 8 heteroatoms. The van der Waals surface area contributed by atoms with Gasteiger partial charge in [0.15, 0.2) is 11.9 Å². The zero-order valence-electron chi connectivity index (χ0n) is 12.7. The second kappa shape index (κ2) is 7.29. The van der Waals surface area contributed by atoms with E-state index in [-0.39, 0.29) is 5.75 Å². The third-order valence-electron chi connectivity index (χ3n) is 3.89. The summed E-state index contributed by atoms with van der Waals surface area (Å²) < 4.78 is 5.15. The lowest BCUT2D eigenvalue weighted by molar-refractivity contribution is -0.220. The molecule has 0 aliphatic heterocycles. The normalized spacial score (nSPS) is 31.9. The first-order valence-electron chi connectivity index (χ1n) is 7.34. The van der Waals surface area contributed by atoms with Crippen molar-refractivity contribution < 1.29 is 40.2 Å². The van der Waals surface area contributed by atoms with Crippen LogP contribution in [0, 0.1) is 0 Å². The topological polar surface area (TPSA) is 148 Å². The van der Waals surface area contributed by atoms with Crippen molar-refractivity contribution in [2.75, 3.05) is 0 Å². The zero-order valence-corrected chi connectivity index (χ0v) is 12.7. The maximum Gasteiger partial charge on any atom is 0.335 e. The van der Waals surface area contributed by atoms with E-state index >= 15 is 0 Å². The highest BCUT2D eigenvalue weighted by Gasteiger charge is 2.49. The van der Waals surface area contributed by atoms with Gasteiger partial charge in [-0.2, -0.15) is 0 Å². The first-order valence-corrected chi connectivity index (χ1v) is 7.34. The van der Waals surface area contributed by atoms with E-state index in [0.717, 1.165) is 0 Å². The van der Waals surface area contributed by atoms with Crippen LogP contribution in [0.4, 0.5) is 0 Å². The maximum absolute atomic E-state index is 11.0. The minimum atomic E-state index is -2.23. The Hall–Kier alpha value is -1.97. The molecule has 0 spiro atoms. The van der Waals surface area contributed by atoms with Crippen LogP contribution in [0.5, 0.6) is 5.75 Å². The zero-order chi connectivity index (χ0) is 17.9. The highest BCUT2D eigenvalue weighted by Crippen LogP contribution is 2.31. The van der Waals surface area contributed by atoms with E-state index < -0.39 is 49.0 Å². The van der Waals surface area contributed by atoms with Crippen molar-refractivity contribution in [3.05, 3.63) is 35.9 Å². The summed E-state index contributed by atoms with van der Waals surface area (Å²) in [5, 5.41) is 57.6. The van der Waals surface area contributed by atoms with Gasteiger partial charge in [0.2, 0.25) is 0 Å². The molecule has 3 atom stereocenters. The molecule has 132 valence electrons. The lowest BCUT2D eigenvalue weighted by Gasteiger charge is -2.40. The average Bonchev–Trinajstić information content (AvgIpc) is 2.50. The fourth-order valence-electron chi connectivity index (χ4n) is 2.61. The number of phenolic OH excluding ortho intramolecular Hbond substituents is 1. The van der Waals surface area contributed by atoms with E-state index in [1.54, 1.807) is 12.1 Å². The van der Waals surface area contributed by atoms with Gasteiger partial charge in [-0.05, 0) is 23.8 Å². The fourth-order valence-corrected chi connectivity index (χ4v) is 2.61. The fraction of sp³-hybridized carbons (Fsp3) is 0.438. The molecule has 0 saturated heterocycles. The number of benzene rings is 1. The number of carboxylic acids is 1. The van der Waals surface area contributed by atoms with E-state index in [2.05, 4.69) is 0 Å². The van der Waals surface area contributed by atoms with Crippen LogP contribution in [-0.2, 0) is 9.53 Å². The smallest absolute Gasteiger partial charge is 0.335 e. The van der Waals surface area contributed by atoms with Gasteiger partial charge >= 0.3 is 5.97 Å². The second-order valence-corrected chi connectivity index (χ2v) is 5.82. The number of carboxylic acid groups (broad SMARTS) is 1. The molecule has 1 saturated carbocycles. The lowest BCUT2D eigenvalue weighted by atomic mass is 9.79. The van der Waals surface area contributed by atoms with Crippen LogP contribution in [0.15, 0.2) is 30.3 Å². The minimum absolute atomic E-state index is 0.100. The predicted molar refractivity (Wildman–Crippen MR) is 81.9 cm³/mol. The molecule has 1 aromatic carbocycles. The van der Waals surface area contributed by atoms with E-state index in [0.29, 0.717) is 5.56 Å². The molecule has 3 unspecified atom stereocenters. The van der Waals surface area contributed by atoms with Crippen molar-refractivity contribution in [2.45, 2.75) is 43.0 Å². The quantitative estimate of drug-likeness (QED) is 0.391. The molecular formula is C16H20O8. The Morgan fingerprint density at radius 3 is 2.25 bits per heavy atom. The number of rotatable bonds is 5. The minimum Gasteiger partial charge on any atom is -0.508 e. The Morgan fingerprint density at radius 2 is 1.75 bits per heavy atom. The van der Waals surface area contributed by atoms with Gasteiger partial charge in [-0.1, -0.05) is 18.2 Å². The third kappa shape index (κ3) is 4.31. The average molecular weight is 340 g/mol. The van der Waals surface area contributed by atoms with Crippen molar-refractivity contribution >= 4 is 12.0 Å². The number of aliphatic hydroxyl groups is 4. The number of ether oxygens (including phenoxy) is 1. The summed E-state index contributed by atoms with van der Waals surface area (Å²) >= 11 is 0. The Kier molecular flexibility index (Phi) is 5.58. The molecule has 0 heterocycles. The number of hydrogen-bond acceptors (Lipinski definition) is 7. The van der Waals surface area contributed by atoms with Crippen LogP contribution in [0.25, 0.3) is 6.08 Å². The largest absolute Gasteiger partial charge is 0.508 e. The molecule has 1 aliphatic rings. The summed E-state index contributed by atoms with van der Waals surface area (Å²) in [6.45, 7) is 0. The van der Waals surface area contributed by atoms with Gasteiger partial charge in [0, 0.05) is 12.8 Å². The van der Waals surface area contributed by atoms with E-state index in [4.69, 9.17) is 9.84 Å². The third-order valence-corrected chi connectivity index (χ3v) is 3.89. The number of aliphatic hydroxyl groups excluding tert-OH is 3. The van der Waals surface area contributed by atoms with Gasteiger partial charge in [0.1, 0.15) is 11.9 Å². The van der Waals surface area contributed by atoms with Crippen LogP contribution in [0.2, 0.25) is 0 Å². The molecule has 0 amide bonds. The molecule has 1 aromatic rings. The summed E-state index contributed by atoms with van der Waals surface area (Å²) in [6.07, 6.45) is -3.84. The Balaban J connectivity index is 1.97. The Labute approximate surface area is 137 Å². The summed E-state index contributed by atoms with van der Waals surface area (Å²) in [7, 11) is 0. The molecule has 0 aromatic heterocycles. The molecular weight excluding hydrogens is 320 g/mol. The highest BCUT2D eigenvalue weighted by atomic mass is 16.6. The summed E-state index contributed by atoms with van der Waals surface area (Å²) in [4.78, 5) is 11.0. The maximum atomic E-state index is 11.0. The summed E-state index contributed by atoms with van der Waals surface area (Å²) in [5.74, 6) is -1.44. The standard InChI is InChI=1S/C16H20O8/c17-10-4-1-9(2-5-10)3-6-13(20)24-14-11(18)7-16(23,15(21)22)8-12(14)19/h1-6,11-14,17-20,23H,7-8H2,(H,21,22). The van der Waals surface area contributed by atoms with Crippen LogP contribution in [0.3, 0.4) is 0 Å². The molecule has 0 bridgehead atoms. The van der Waals surface area contributed by atoms with Crippen molar-refractivity contribution in [3.63, 3.8) is 0 Å². The van der Waals surface area contributed by atoms with E-state index in [9.17, 15) is 30.3 Å². The van der Waals surface area contributed by atoms with Gasteiger partial charge in [0.25, 0.3) is 0 Å². The van der Waals surface area contributed by atoms with Crippen molar-refractivity contribution in [2.24, 2.45) is 0 Å². The molecule has 6 N–H and O–H groups in total. The Morgan fingerprint density at radius 1 is 1.21 bits per heavy atom. The van der Waals surface area contributed by atoms with E-state index in [1.165, 1.54) is 24.3 Å². The molecule has 2 rings (SSSR count). The van der Waals surface area contributed by atoms with E-state index in [1.807, 2.05) is 0 Å².